The third-order valence-electron chi connectivity index (χ3n) is 4.87. The van der Waals surface area contributed by atoms with Crippen LogP contribution in [-0.4, -0.2) is 65.0 Å². The molecule has 2 amide bonds. The van der Waals surface area contributed by atoms with Crippen LogP contribution in [0, 0.1) is 0 Å². The summed E-state index contributed by atoms with van der Waals surface area (Å²) in [6, 6.07) is 8.65. The molecule has 0 radical (unpaired) electrons. The SMILES string of the molecule is O=C(O)C[C@@H]1CN(C(=O)[C@H](c2ccccc2)N2CCCCC2=O)CCO1. The standard InChI is InChI=1S/C19H24N2O5/c22-16-8-4-5-9-21(16)18(14-6-2-1-3-7-14)19(25)20-10-11-26-15(13-20)12-17(23)24/h1-3,6-7,15,18H,4-5,8-13H2,(H,23,24)/t15-,18+/m1/s1. The van der Waals surface area contributed by atoms with Gasteiger partial charge in [-0.1, -0.05) is 30.3 Å². The summed E-state index contributed by atoms with van der Waals surface area (Å²) in [5, 5.41) is 8.98. The van der Waals surface area contributed by atoms with Gasteiger partial charge in [0.2, 0.25) is 11.8 Å². The lowest BCUT2D eigenvalue weighted by molar-refractivity contribution is -0.154. The molecule has 26 heavy (non-hydrogen) atoms. The van der Waals surface area contributed by atoms with Gasteiger partial charge in [0.05, 0.1) is 19.1 Å². The zero-order chi connectivity index (χ0) is 18.5. The van der Waals surface area contributed by atoms with Crippen molar-refractivity contribution in [1.82, 2.24) is 9.80 Å². The highest BCUT2D eigenvalue weighted by Gasteiger charge is 2.37. The molecular weight excluding hydrogens is 336 g/mol. The number of carboxylic acids is 1. The number of likely N-dealkylation sites (tertiary alicyclic amines) is 1. The van der Waals surface area contributed by atoms with Crippen LogP contribution in [0.25, 0.3) is 0 Å². The summed E-state index contributed by atoms with van der Waals surface area (Å²) in [5.41, 5.74) is 0.786. The quantitative estimate of drug-likeness (QED) is 0.859. The van der Waals surface area contributed by atoms with E-state index in [0.29, 0.717) is 26.1 Å². The van der Waals surface area contributed by atoms with E-state index < -0.39 is 18.1 Å². The molecule has 1 N–H and O–H groups in total. The lowest BCUT2D eigenvalue weighted by atomic mass is 9.99. The highest BCUT2D eigenvalue weighted by atomic mass is 16.5. The minimum Gasteiger partial charge on any atom is -0.481 e. The lowest BCUT2D eigenvalue weighted by Gasteiger charge is -2.39. The van der Waals surface area contributed by atoms with Gasteiger partial charge < -0.3 is 19.6 Å². The van der Waals surface area contributed by atoms with Gasteiger partial charge in [-0.2, -0.15) is 0 Å². The molecule has 3 rings (SSSR count). The fraction of sp³-hybridized carbons (Fsp3) is 0.526. The number of hydrogen-bond donors (Lipinski definition) is 1. The fourth-order valence-electron chi connectivity index (χ4n) is 3.60. The number of carboxylic acid groups (broad SMARTS) is 1. The van der Waals surface area contributed by atoms with E-state index in [0.717, 1.165) is 18.4 Å². The molecule has 0 bridgehead atoms. The van der Waals surface area contributed by atoms with Crippen LogP contribution in [0.4, 0.5) is 0 Å². The Morgan fingerprint density at radius 2 is 1.96 bits per heavy atom. The van der Waals surface area contributed by atoms with Gasteiger partial charge in [0, 0.05) is 26.1 Å². The molecule has 7 nitrogen and oxygen atoms in total. The van der Waals surface area contributed by atoms with Crippen LogP contribution >= 0.6 is 0 Å². The van der Waals surface area contributed by atoms with Gasteiger partial charge in [0.1, 0.15) is 6.04 Å². The van der Waals surface area contributed by atoms with E-state index in [4.69, 9.17) is 9.84 Å². The number of rotatable bonds is 5. The van der Waals surface area contributed by atoms with E-state index in [1.54, 1.807) is 9.80 Å². The summed E-state index contributed by atoms with van der Waals surface area (Å²) in [7, 11) is 0. The first-order chi connectivity index (χ1) is 12.6. The van der Waals surface area contributed by atoms with Gasteiger partial charge in [-0.25, -0.2) is 0 Å². The lowest BCUT2D eigenvalue weighted by Crippen LogP contribution is -2.52. The number of aliphatic carboxylic acids is 1. The molecule has 140 valence electrons. The van der Waals surface area contributed by atoms with Gasteiger partial charge in [0.25, 0.3) is 0 Å². The minimum atomic E-state index is -0.949. The van der Waals surface area contributed by atoms with Crippen molar-refractivity contribution < 1.29 is 24.2 Å². The van der Waals surface area contributed by atoms with Gasteiger partial charge >= 0.3 is 5.97 Å². The van der Waals surface area contributed by atoms with Crippen molar-refractivity contribution in [2.45, 2.75) is 37.8 Å². The monoisotopic (exact) mass is 360 g/mol. The minimum absolute atomic E-state index is 0.00574. The second-order valence-electron chi connectivity index (χ2n) is 6.73. The Labute approximate surface area is 152 Å². The normalized spacial score (nSPS) is 22.2. The summed E-state index contributed by atoms with van der Waals surface area (Å²) in [5.74, 6) is -1.12. The average molecular weight is 360 g/mol. The summed E-state index contributed by atoms with van der Waals surface area (Å²) in [4.78, 5) is 40.0. The summed E-state index contributed by atoms with van der Waals surface area (Å²) in [6.07, 6.45) is 1.54. The molecule has 2 heterocycles. The molecule has 2 fully saturated rings. The number of ether oxygens (including phenoxy) is 1. The van der Waals surface area contributed by atoms with Crippen molar-refractivity contribution in [3.8, 4) is 0 Å². The maximum atomic E-state index is 13.3. The number of carbonyl (C=O) groups is 3. The van der Waals surface area contributed by atoms with Crippen molar-refractivity contribution >= 4 is 17.8 Å². The Hall–Kier alpha value is -2.41. The van der Waals surface area contributed by atoms with Crippen molar-refractivity contribution in [3.63, 3.8) is 0 Å². The van der Waals surface area contributed by atoms with Crippen LogP contribution in [0.5, 0.6) is 0 Å². The van der Waals surface area contributed by atoms with Crippen LogP contribution in [0.2, 0.25) is 0 Å². The second-order valence-corrected chi connectivity index (χ2v) is 6.73. The van der Waals surface area contributed by atoms with E-state index in [1.165, 1.54) is 0 Å². The summed E-state index contributed by atoms with van der Waals surface area (Å²) < 4.78 is 5.47. The molecule has 1 aromatic carbocycles. The maximum absolute atomic E-state index is 13.3. The topological polar surface area (TPSA) is 87.2 Å². The van der Waals surface area contributed by atoms with Crippen LogP contribution in [0.15, 0.2) is 30.3 Å². The van der Waals surface area contributed by atoms with Crippen molar-refractivity contribution in [2.75, 3.05) is 26.2 Å². The molecule has 2 aliphatic rings. The van der Waals surface area contributed by atoms with Gasteiger partial charge in [0.15, 0.2) is 0 Å². The third kappa shape index (κ3) is 4.22. The zero-order valence-electron chi connectivity index (χ0n) is 14.7. The van der Waals surface area contributed by atoms with Crippen molar-refractivity contribution in [3.05, 3.63) is 35.9 Å². The molecule has 1 aromatic rings. The number of benzene rings is 1. The molecule has 0 aromatic heterocycles. The molecule has 0 aliphatic carbocycles. The summed E-state index contributed by atoms with van der Waals surface area (Å²) in [6.45, 7) is 1.50. The Morgan fingerprint density at radius 3 is 2.65 bits per heavy atom. The number of piperidine rings is 1. The Bertz CT molecular complexity index is 663. The number of morpholine rings is 1. The van der Waals surface area contributed by atoms with Gasteiger partial charge in [-0.05, 0) is 18.4 Å². The molecule has 0 spiro atoms. The molecular formula is C19H24N2O5. The highest BCUT2D eigenvalue weighted by Crippen LogP contribution is 2.28. The first-order valence-electron chi connectivity index (χ1n) is 9.03. The van der Waals surface area contributed by atoms with Crippen LogP contribution < -0.4 is 0 Å². The highest BCUT2D eigenvalue weighted by molar-refractivity contribution is 5.89. The Kier molecular flexibility index (Phi) is 5.88. The van der Waals surface area contributed by atoms with E-state index in [2.05, 4.69) is 0 Å². The molecule has 0 saturated carbocycles. The Morgan fingerprint density at radius 1 is 1.19 bits per heavy atom. The first kappa shape index (κ1) is 18.4. The van der Waals surface area contributed by atoms with Crippen molar-refractivity contribution in [2.24, 2.45) is 0 Å². The number of amides is 2. The zero-order valence-corrected chi connectivity index (χ0v) is 14.7. The van der Waals surface area contributed by atoms with Crippen LogP contribution in [0.3, 0.4) is 0 Å². The fourth-order valence-corrected chi connectivity index (χ4v) is 3.60. The average Bonchev–Trinajstić information content (AvgIpc) is 2.64. The van der Waals surface area contributed by atoms with Crippen LogP contribution in [0.1, 0.15) is 37.3 Å². The number of hydrogen-bond acceptors (Lipinski definition) is 4. The smallest absolute Gasteiger partial charge is 0.306 e. The number of carbonyl (C=O) groups excluding carboxylic acids is 2. The molecule has 7 heteroatoms. The van der Waals surface area contributed by atoms with Crippen molar-refractivity contribution in [1.29, 1.82) is 0 Å². The third-order valence-corrected chi connectivity index (χ3v) is 4.87. The van der Waals surface area contributed by atoms with E-state index in [1.807, 2.05) is 30.3 Å². The predicted molar refractivity (Wildman–Crippen MR) is 93.3 cm³/mol. The van der Waals surface area contributed by atoms with E-state index >= 15 is 0 Å². The maximum Gasteiger partial charge on any atom is 0.306 e. The first-order valence-corrected chi connectivity index (χ1v) is 9.03. The predicted octanol–water partition coefficient (Wildman–Crippen LogP) is 1.44. The molecule has 2 saturated heterocycles. The Balaban J connectivity index is 1.82. The summed E-state index contributed by atoms with van der Waals surface area (Å²) >= 11 is 0. The van der Waals surface area contributed by atoms with Gasteiger partial charge in [-0.15, -0.1) is 0 Å². The van der Waals surface area contributed by atoms with Crippen LogP contribution in [-0.2, 0) is 19.1 Å². The molecule has 0 unspecified atom stereocenters. The second kappa shape index (κ2) is 8.31. The largest absolute Gasteiger partial charge is 0.481 e. The number of nitrogens with zero attached hydrogens (tertiary/aromatic N) is 2. The molecule has 2 aliphatic heterocycles. The van der Waals surface area contributed by atoms with E-state index in [9.17, 15) is 14.4 Å². The van der Waals surface area contributed by atoms with E-state index in [-0.39, 0.29) is 24.8 Å². The molecule has 2 atom stereocenters. The van der Waals surface area contributed by atoms with Gasteiger partial charge in [-0.3, -0.25) is 14.4 Å².